The number of aliphatic hydroxyl groups is 1. The lowest BCUT2D eigenvalue weighted by atomic mass is 9.77. The summed E-state index contributed by atoms with van der Waals surface area (Å²) in [7, 11) is 0. The van der Waals surface area contributed by atoms with Gasteiger partial charge >= 0.3 is 0 Å². The van der Waals surface area contributed by atoms with E-state index in [1.165, 1.54) is 12.8 Å². The quantitative estimate of drug-likeness (QED) is 0.660. The molecule has 15 heavy (non-hydrogen) atoms. The maximum Gasteiger partial charge on any atom is 0.0652 e. The highest BCUT2D eigenvalue weighted by Gasteiger charge is 2.30. The second-order valence-electron chi connectivity index (χ2n) is 6.17. The van der Waals surface area contributed by atoms with Crippen molar-refractivity contribution in [2.24, 2.45) is 5.41 Å². The average Bonchev–Trinajstić information content (AvgIpc) is 2.09. The van der Waals surface area contributed by atoms with Crippen LogP contribution in [0.15, 0.2) is 0 Å². The molecule has 0 bridgehead atoms. The van der Waals surface area contributed by atoms with Crippen molar-refractivity contribution in [3.63, 3.8) is 0 Å². The standard InChI is InChI=1S/C14H30O/c1-6-8-10-14(15,11-9-7-2)12-13(3,4)5/h15H,6-12H2,1-5H3. The molecule has 1 nitrogen and oxygen atoms in total. The van der Waals surface area contributed by atoms with E-state index < -0.39 is 5.60 Å². The van der Waals surface area contributed by atoms with Crippen LogP contribution in [0.4, 0.5) is 0 Å². The van der Waals surface area contributed by atoms with Crippen molar-refractivity contribution in [3.8, 4) is 0 Å². The van der Waals surface area contributed by atoms with Crippen LogP contribution >= 0.6 is 0 Å². The van der Waals surface area contributed by atoms with Gasteiger partial charge in [-0.05, 0) is 24.7 Å². The fourth-order valence-corrected chi connectivity index (χ4v) is 2.30. The normalized spacial score (nSPS) is 13.2. The van der Waals surface area contributed by atoms with E-state index in [-0.39, 0.29) is 5.41 Å². The van der Waals surface area contributed by atoms with E-state index in [9.17, 15) is 5.11 Å². The Hall–Kier alpha value is -0.0400. The molecule has 0 heterocycles. The summed E-state index contributed by atoms with van der Waals surface area (Å²) < 4.78 is 0. The van der Waals surface area contributed by atoms with Crippen LogP contribution in [0, 0.1) is 5.41 Å². The molecule has 0 spiro atoms. The van der Waals surface area contributed by atoms with Crippen molar-refractivity contribution in [1.82, 2.24) is 0 Å². The smallest absolute Gasteiger partial charge is 0.0652 e. The fraction of sp³-hybridized carbons (Fsp3) is 1.00. The minimum atomic E-state index is -0.412. The zero-order valence-electron chi connectivity index (χ0n) is 11.4. The van der Waals surface area contributed by atoms with E-state index in [0.29, 0.717) is 0 Å². The Bertz CT molecular complexity index is 147. The molecule has 0 aromatic carbocycles. The molecule has 0 unspecified atom stereocenters. The van der Waals surface area contributed by atoms with E-state index in [2.05, 4.69) is 34.6 Å². The second kappa shape index (κ2) is 6.52. The minimum Gasteiger partial charge on any atom is -0.390 e. The van der Waals surface area contributed by atoms with Crippen LogP contribution in [0.3, 0.4) is 0 Å². The summed E-state index contributed by atoms with van der Waals surface area (Å²) in [5, 5.41) is 10.6. The van der Waals surface area contributed by atoms with E-state index in [0.717, 1.165) is 32.1 Å². The van der Waals surface area contributed by atoms with Gasteiger partial charge in [0.25, 0.3) is 0 Å². The van der Waals surface area contributed by atoms with Crippen LogP contribution in [-0.2, 0) is 0 Å². The Morgan fingerprint density at radius 1 is 0.867 bits per heavy atom. The lowest BCUT2D eigenvalue weighted by Crippen LogP contribution is -2.33. The van der Waals surface area contributed by atoms with E-state index >= 15 is 0 Å². The van der Waals surface area contributed by atoms with Gasteiger partial charge in [-0.1, -0.05) is 60.3 Å². The highest BCUT2D eigenvalue weighted by Crippen LogP contribution is 2.34. The van der Waals surface area contributed by atoms with E-state index in [1.54, 1.807) is 0 Å². The minimum absolute atomic E-state index is 0.232. The van der Waals surface area contributed by atoms with Crippen LogP contribution < -0.4 is 0 Å². The Morgan fingerprint density at radius 2 is 1.27 bits per heavy atom. The second-order valence-corrected chi connectivity index (χ2v) is 6.17. The molecule has 1 N–H and O–H groups in total. The van der Waals surface area contributed by atoms with Crippen LogP contribution in [0.2, 0.25) is 0 Å². The van der Waals surface area contributed by atoms with Crippen LogP contribution in [0.25, 0.3) is 0 Å². The van der Waals surface area contributed by atoms with Crippen molar-refractivity contribution in [2.75, 3.05) is 0 Å². The summed E-state index contributed by atoms with van der Waals surface area (Å²) >= 11 is 0. The summed E-state index contributed by atoms with van der Waals surface area (Å²) in [5.41, 5.74) is -0.180. The third kappa shape index (κ3) is 7.84. The third-order valence-corrected chi connectivity index (χ3v) is 2.85. The first-order valence-electron chi connectivity index (χ1n) is 6.55. The molecule has 0 saturated carbocycles. The zero-order chi connectivity index (χ0) is 11.9. The molecule has 1 heteroatoms. The predicted molar refractivity (Wildman–Crippen MR) is 68.1 cm³/mol. The molecule has 0 saturated heterocycles. The Kier molecular flexibility index (Phi) is 6.51. The summed E-state index contributed by atoms with van der Waals surface area (Å²) in [5.74, 6) is 0. The summed E-state index contributed by atoms with van der Waals surface area (Å²) in [4.78, 5) is 0. The summed E-state index contributed by atoms with van der Waals surface area (Å²) in [6, 6.07) is 0. The van der Waals surface area contributed by atoms with E-state index in [4.69, 9.17) is 0 Å². The van der Waals surface area contributed by atoms with Crippen LogP contribution in [0.5, 0.6) is 0 Å². The molecule has 0 rings (SSSR count). The molecule has 0 amide bonds. The molecule has 0 radical (unpaired) electrons. The van der Waals surface area contributed by atoms with E-state index in [1.807, 2.05) is 0 Å². The monoisotopic (exact) mass is 214 g/mol. The third-order valence-electron chi connectivity index (χ3n) is 2.85. The van der Waals surface area contributed by atoms with Crippen molar-refractivity contribution >= 4 is 0 Å². The molecule has 0 atom stereocenters. The first-order chi connectivity index (χ1) is 6.83. The summed E-state index contributed by atoms with van der Waals surface area (Å²) in [6.07, 6.45) is 7.53. The molecule has 0 aliphatic rings. The molecule has 0 fully saturated rings. The lowest BCUT2D eigenvalue weighted by molar-refractivity contribution is -0.0168. The number of rotatable bonds is 7. The van der Waals surface area contributed by atoms with Crippen molar-refractivity contribution < 1.29 is 5.11 Å². The SMILES string of the molecule is CCCCC(O)(CCCC)CC(C)(C)C. The van der Waals surface area contributed by atoms with Crippen LogP contribution in [-0.4, -0.2) is 10.7 Å². The molecular weight excluding hydrogens is 184 g/mol. The Morgan fingerprint density at radius 3 is 1.53 bits per heavy atom. The van der Waals surface area contributed by atoms with Gasteiger partial charge in [-0.3, -0.25) is 0 Å². The van der Waals surface area contributed by atoms with Gasteiger partial charge in [0.1, 0.15) is 0 Å². The highest BCUT2D eigenvalue weighted by atomic mass is 16.3. The number of unbranched alkanes of at least 4 members (excludes halogenated alkanes) is 2. The van der Waals surface area contributed by atoms with Crippen LogP contribution in [0.1, 0.15) is 79.6 Å². The molecular formula is C14H30O. The average molecular weight is 214 g/mol. The van der Waals surface area contributed by atoms with Crippen molar-refractivity contribution in [2.45, 2.75) is 85.2 Å². The van der Waals surface area contributed by atoms with Gasteiger partial charge in [0.15, 0.2) is 0 Å². The van der Waals surface area contributed by atoms with Gasteiger partial charge in [-0.15, -0.1) is 0 Å². The maximum atomic E-state index is 10.6. The van der Waals surface area contributed by atoms with Gasteiger partial charge in [-0.2, -0.15) is 0 Å². The van der Waals surface area contributed by atoms with Gasteiger partial charge in [-0.25, -0.2) is 0 Å². The fourth-order valence-electron chi connectivity index (χ4n) is 2.30. The molecule has 0 aliphatic heterocycles. The molecule has 0 aliphatic carbocycles. The Labute approximate surface area is 96.3 Å². The van der Waals surface area contributed by atoms with Gasteiger partial charge in [0, 0.05) is 0 Å². The Balaban J connectivity index is 4.26. The van der Waals surface area contributed by atoms with Gasteiger partial charge in [0.05, 0.1) is 5.60 Å². The van der Waals surface area contributed by atoms with Crippen molar-refractivity contribution in [3.05, 3.63) is 0 Å². The first-order valence-corrected chi connectivity index (χ1v) is 6.55. The lowest BCUT2D eigenvalue weighted by Gasteiger charge is -2.34. The first kappa shape index (κ1) is 15.0. The van der Waals surface area contributed by atoms with Crippen molar-refractivity contribution in [1.29, 1.82) is 0 Å². The zero-order valence-corrected chi connectivity index (χ0v) is 11.4. The molecule has 92 valence electrons. The maximum absolute atomic E-state index is 10.6. The molecule has 0 aromatic rings. The summed E-state index contributed by atoms with van der Waals surface area (Å²) in [6.45, 7) is 11.0. The predicted octanol–water partition coefficient (Wildman–Crippen LogP) is 4.53. The van der Waals surface area contributed by atoms with Gasteiger partial charge < -0.3 is 5.11 Å². The topological polar surface area (TPSA) is 20.2 Å². The van der Waals surface area contributed by atoms with Gasteiger partial charge in [0.2, 0.25) is 0 Å². The highest BCUT2D eigenvalue weighted by molar-refractivity contribution is 4.83. The number of hydrogen-bond acceptors (Lipinski definition) is 1. The largest absolute Gasteiger partial charge is 0.390 e. The molecule has 0 aromatic heterocycles. The number of hydrogen-bond donors (Lipinski definition) is 1.